The molecule has 2 aromatic heterocycles. The number of carboxylic acid groups (broad SMARTS) is 1. The summed E-state index contributed by atoms with van der Waals surface area (Å²) in [6.45, 7) is 3.07. The molecule has 1 aromatic carbocycles. The van der Waals surface area contributed by atoms with E-state index >= 15 is 0 Å². The Morgan fingerprint density at radius 3 is 2.88 bits per heavy atom. The van der Waals surface area contributed by atoms with Gasteiger partial charge in [0.2, 0.25) is 5.92 Å². The summed E-state index contributed by atoms with van der Waals surface area (Å²) in [5, 5.41) is 14.4. The van der Waals surface area contributed by atoms with E-state index in [2.05, 4.69) is 15.0 Å². The summed E-state index contributed by atoms with van der Waals surface area (Å²) in [4.78, 5) is 16.7. The average Bonchev–Trinajstić information content (AvgIpc) is 3.39. The number of benzene rings is 1. The zero-order valence-electron chi connectivity index (χ0n) is 18.8. The van der Waals surface area contributed by atoms with E-state index in [-0.39, 0.29) is 30.8 Å². The first-order valence-electron chi connectivity index (χ1n) is 11.2. The number of piperidine rings is 1. The number of nitrogens with zero attached hydrogens (tertiary/aromatic N) is 3. The number of hydrogen-bond acceptors (Lipinski definition) is 4. The number of ether oxygens (including phenoxy) is 1. The minimum Gasteiger partial charge on any atom is -0.496 e. The second-order valence-electron chi connectivity index (χ2n) is 9.66. The molecule has 1 spiro atoms. The highest BCUT2D eigenvalue weighted by atomic mass is 19.3. The number of aromatic nitrogens is 3. The van der Waals surface area contributed by atoms with Crippen LogP contribution in [0, 0.1) is 12.3 Å². The van der Waals surface area contributed by atoms with E-state index in [1.165, 1.54) is 4.68 Å². The van der Waals surface area contributed by atoms with Gasteiger partial charge in [-0.1, -0.05) is 0 Å². The standard InChI is InChI=1S/C24H28F2N4O3/c1-15-7-20(33-2)18(17-3-5-27-22(15)17)11-29-6-4-23(13-24(25,26)14-23)8-19(29)16-9-28-30(10-16)12-21(31)32/h3,5,7,9-10,19,27H,4,6,8,11-14H2,1-2H3,(H,31,32)/t19-/m0/s1. The molecule has 2 aliphatic rings. The van der Waals surface area contributed by atoms with Crippen LogP contribution < -0.4 is 4.74 Å². The zero-order valence-corrected chi connectivity index (χ0v) is 18.8. The highest BCUT2D eigenvalue weighted by molar-refractivity contribution is 5.88. The Morgan fingerprint density at radius 1 is 1.39 bits per heavy atom. The quantitative estimate of drug-likeness (QED) is 0.568. The number of methoxy groups -OCH3 is 1. The molecule has 1 aliphatic heterocycles. The Hall–Kier alpha value is -2.94. The summed E-state index contributed by atoms with van der Waals surface area (Å²) < 4.78 is 34.8. The minimum absolute atomic E-state index is 0.0798. The molecule has 1 aliphatic carbocycles. The second kappa shape index (κ2) is 7.83. The SMILES string of the molecule is COc1cc(C)c2[nH]ccc2c1CN1CCC2(C[C@H]1c1cnn(CC(=O)O)c1)CC(F)(F)C2. The Balaban J connectivity index is 1.49. The molecular weight excluding hydrogens is 430 g/mol. The van der Waals surface area contributed by atoms with Crippen LogP contribution in [0.15, 0.2) is 30.7 Å². The molecule has 1 saturated carbocycles. The maximum atomic E-state index is 13.8. The van der Waals surface area contributed by atoms with Crippen molar-refractivity contribution >= 4 is 16.9 Å². The third-order valence-electron chi connectivity index (χ3n) is 7.29. The molecule has 0 amide bonds. The second-order valence-corrected chi connectivity index (χ2v) is 9.66. The molecule has 1 atom stereocenters. The minimum atomic E-state index is -2.59. The maximum absolute atomic E-state index is 13.8. The van der Waals surface area contributed by atoms with E-state index in [1.807, 2.05) is 25.3 Å². The molecule has 0 unspecified atom stereocenters. The predicted molar refractivity (Wildman–Crippen MR) is 118 cm³/mol. The Morgan fingerprint density at radius 2 is 2.18 bits per heavy atom. The molecule has 2 N–H and O–H groups in total. The predicted octanol–water partition coefficient (Wildman–Crippen LogP) is 4.52. The molecule has 9 heteroatoms. The van der Waals surface area contributed by atoms with Crippen LogP contribution in [0.5, 0.6) is 5.75 Å². The average molecular weight is 459 g/mol. The van der Waals surface area contributed by atoms with Gasteiger partial charge in [0.1, 0.15) is 12.3 Å². The Bertz CT molecular complexity index is 1190. The number of fused-ring (bicyclic) bond motifs is 1. The van der Waals surface area contributed by atoms with Gasteiger partial charge in [-0.2, -0.15) is 5.10 Å². The van der Waals surface area contributed by atoms with Crippen LogP contribution >= 0.6 is 0 Å². The summed E-state index contributed by atoms with van der Waals surface area (Å²) in [6, 6.07) is 3.93. The molecule has 0 bridgehead atoms. The number of carbonyl (C=O) groups is 1. The lowest BCUT2D eigenvalue weighted by Gasteiger charge is -2.54. The van der Waals surface area contributed by atoms with Gasteiger partial charge in [0, 0.05) is 59.9 Å². The van der Waals surface area contributed by atoms with Crippen LogP contribution in [0.4, 0.5) is 8.78 Å². The summed E-state index contributed by atoms with van der Waals surface area (Å²) in [5.74, 6) is -2.76. The van der Waals surface area contributed by atoms with Gasteiger partial charge in [-0.3, -0.25) is 14.4 Å². The Kier molecular flexibility index (Phi) is 5.19. The topological polar surface area (TPSA) is 83.4 Å². The van der Waals surface area contributed by atoms with Gasteiger partial charge < -0.3 is 14.8 Å². The van der Waals surface area contributed by atoms with Gasteiger partial charge in [0.15, 0.2) is 0 Å². The summed E-state index contributed by atoms with van der Waals surface area (Å²) in [5.41, 5.74) is 3.69. The third kappa shape index (κ3) is 3.99. The normalized spacial score (nSPS) is 21.9. The monoisotopic (exact) mass is 458 g/mol. The van der Waals surface area contributed by atoms with Crippen LogP contribution in [0.25, 0.3) is 10.9 Å². The smallest absolute Gasteiger partial charge is 0.325 e. The van der Waals surface area contributed by atoms with Gasteiger partial charge in [-0.05, 0) is 49.4 Å². The van der Waals surface area contributed by atoms with Gasteiger partial charge >= 0.3 is 5.97 Å². The van der Waals surface area contributed by atoms with Crippen LogP contribution in [0.2, 0.25) is 0 Å². The van der Waals surface area contributed by atoms with E-state index in [9.17, 15) is 13.6 Å². The number of nitrogens with one attached hydrogen (secondary N) is 1. The van der Waals surface area contributed by atoms with Crippen molar-refractivity contribution in [1.82, 2.24) is 19.7 Å². The van der Waals surface area contributed by atoms with Crippen molar-refractivity contribution in [2.75, 3.05) is 13.7 Å². The molecule has 7 nitrogen and oxygen atoms in total. The summed E-state index contributed by atoms with van der Waals surface area (Å²) in [6.07, 6.45) is 6.48. The van der Waals surface area contributed by atoms with Crippen LogP contribution in [-0.4, -0.2) is 50.3 Å². The number of rotatable bonds is 6. The van der Waals surface area contributed by atoms with E-state index in [0.29, 0.717) is 25.9 Å². The number of aryl methyl sites for hydroxylation is 1. The zero-order chi connectivity index (χ0) is 23.4. The lowest BCUT2D eigenvalue weighted by molar-refractivity contribution is -0.186. The van der Waals surface area contributed by atoms with Crippen molar-refractivity contribution in [2.45, 2.75) is 57.7 Å². The van der Waals surface area contributed by atoms with Gasteiger partial charge in [-0.25, -0.2) is 8.78 Å². The van der Waals surface area contributed by atoms with Gasteiger partial charge in [-0.15, -0.1) is 0 Å². The lowest BCUT2D eigenvalue weighted by atomic mass is 9.59. The summed E-state index contributed by atoms with van der Waals surface area (Å²) >= 11 is 0. The van der Waals surface area contributed by atoms with E-state index in [1.54, 1.807) is 19.5 Å². The number of aliphatic carboxylic acids is 1. The first-order valence-corrected chi connectivity index (χ1v) is 11.2. The fourth-order valence-corrected chi connectivity index (χ4v) is 5.82. The molecule has 33 heavy (non-hydrogen) atoms. The fourth-order valence-electron chi connectivity index (χ4n) is 5.82. The highest BCUT2D eigenvalue weighted by Crippen LogP contribution is 2.60. The number of aromatic amines is 1. The van der Waals surface area contributed by atoms with Crippen molar-refractivity contribution < 1.29 is 23.4 Å². The highest BCUT2D eigenvalue weighted by Gasteiger charge is 2.58. The number of alkyl halides is 2. The largest absolute Gasteiger partial charge is 0.496 e. The fraction of sp³-hybridized carbons (Fsp3) is 0.500. The first kappa shape index (κ1) is 21.9. The van der Waals surface area contributed by atoms with Crippen molar-refractivity contribution in [3.8, 4) is 5.75 Å². The van der Waals surface area contributed by atoms with Crippen molar-refractivity contribution in [2.24, 2.45) is 5.41 Å². The molecule has 2 fully saturated rings. The van der Waals surface area contributed by atoms with Crippen LogP contribution in [0.1, 0.15) is 48.4 Å². The van der Waals surface area contributed by atoms with Crippen LogP contribution in [-0.2, 0) is 17.9 Å². The van der Waals surface area contributed by atoms with E-state index < -0.39 is 11.9 Å². The van der Waals surface area contributed by atoms with Crippen molar-refractivity contribution in [3.63, 3.8) is 0 Å². The molecule has 3 heterocycles. The molecule has 1 saturated heterocycles. The maximum Gasteiger partial charge on any atom is 0.325 e. The molecule has 5 rings (SSSR count). The Labute approximate surface area is 190 Å². The van der Waals surface area contributed by atoms with Crippen molar-refractivity contribution in [1.29, 1.82) is 0 Å². The third-order valence-corrected chi connectivity index (χ3v) is 7.29. The van der Waals surface area contributed by atoms with Crippen LogP contribution in [0.3, 0.4) is 0 Å². The number of H-pyrrole nitrogens is 1. The lowest BCUT2D eigenvalue weighted by Crippen LogP contribution is -2.53. The number of hydrogen-bond donors (Lipinski definition) is 2. The summed E-state index contributed by atoms with van der Waals surface area (Å²) in [7, 11) is 1.66. The number of carboxylic acids is 1. The van der Waals surface area contributed by atoms with Gasteiger partial charge in [0.05, 0.1) is 13.3 Å². The van der Waals surface area contributed by atoms with Gasteiger partial charge in [0.25, 0.3) is 0 Å². The van der Waals surface area contributed by atoms with E-state index in [4.69, 9.17) is 9.84 Å². The molecule has 0 radical (unpaired) electrons. The number of likely N-dealkylation sites (tertiary alicyclic amines) is 1. The molecular formula is C24H28F2N4O3. The molecule has 176 valence electrons. The van der Waals surface area contributed by atoms with Crippen molar-refractivity contribution in [3.05, 3.63) is 47.4 Å². The van der Waals surface area contributed by atoms with E-state index in [0.717, 1.165) is 33.3 Å². The molecule has 3 aromatic rings. The number of halogens is 2. The first-order chi connectivity index (χ1) is 15.7.